The van der Waals surface area contributed by atoms with Crippen LogP contribution in [0.1, 0.15) is 82.1 Å². The van der Waals surface area contributed by atoms with Crippen molar-refractivity contribution in [2.45, 2.75) is 122 Å². The highest BCUT2D eigenvalue weighted by molar-refractivity contribution is 7.33. The van der Waals surface area contributed by atoms with Crippen LogP contribution in [0, 0.1) is 11.8 Å². The number of nitrogens with one attached hydrogen (secondary N) is 5. The first-order valence-electron chi connectivity index (χ1n) is 25.3. The van der Waals surface area contributed by atoms with E-state index in [4.69, 9.17) is 37.0 Å². The van der Waals surface area contributed by atoms with Crippen LogP contribution < -0.4 is 31.6 Å². The molecule has 1 aliphatic carbocycles. The van der Waals surface area contributed by atoms with Crippen molar-refractivity contribution in [1.82, 2.24) is 45.0 Å². The number of aromatic amines is 1. The number of ether oxygens (including phenoxy) is 4. The van der Waals surface area contributed by atoms with Crippen LogP contribution in [0.15, 0.2) is 78.2 Å². The molecule has 0 radical (unpaired) electrons. The van der Waals surface area contributed by atoms with Crippen LogP contribution in [-0.2, 0) is 64.2 Å². The summed E-state index contributed by atoms with van der Waals surface area (Å²) in [6.07, 6.45) is -3.48. The monoisotopic (exact) mass is 1150 g/mol. The van der Waals surface area contributed by atoms with Crippen LogP contribution in [0.25, 0.3) is 11.2 Å². The van der Waals surface area contributed by atoms with Gasteiger partial charge in [0.1, 0.15) is 68.2 Å². The zero-order chi connectivity index (χ0) is 57.4. The van der Waals surface area contributed by atoms with Crippen molar-refractivity contribution in [3.05, 3.63) is 100 Å². The van der Waals surface area contributed by atoms with E-state index in [1.165, 1.54) is 48.4 Å². The predicted octanol–water partition coefficient (Wildman–Crippen LogP) is 5.17. The standard InChI is InChI=1S/C50H59N11O17P2/c1-26(2)37(56-48(67)76-50(4,5)6)44(65)54-27(3)42(63)55-31-14-12-28(13-15-31)21-71-49(68)60(7)20-29-10-8-9-11-33(29)43(64)58-47-57-41-38(45(66)59-47)53-25-61(41)46-40-39(62)35(75-46)23-73-79(69)77-34-19-32(74-36-16-17-51-24-52-36)18-30(34)22-72-80(70)78-40/h8-17,24-27,30,32,34-35,37,39-40,46,62H,18-23H2,1-7H3,(H3-2,54,55,56,57,58,59,63,64,65,66,67)/p+2/t27-,30+,32+,34-,35+,37-,39+,40+,46+/m0/s1. The number of hydrogen-bond acceptors (Lipinski definition) is 21. The molecule has 11 atom stereocenters. The van der Waals surface area contributed by atoms with Gasteiger partial charge in [-0.15, -0.1) is 18.1 Å². The van der Waals surface area contributed by atoms with Gasteiger partial charge in [-0.2, -0.15) is 4.98 Å². The second-order valence-corrected chi connectivity index (χ2v) is 22.2. The van der Waals surface area contributed by atoms with Gasteiger partial charge in [0, 0.05) is 58.6 Å². The molecule has 5 aromatic rings. The molecule has 426 valence electrons. The normalized spacial score (nSPS) is 23.0. The van der Waals surface area contributed by atoms with E-state index in [1.54, 1.807) is 83.1 Å². The van der Waals surface area contributed by atoms with Crippen LogP contribution in [-0.4, -0.2) is 138 Å². The van der Waals surface area contributed by atoms with Gasteiger partial charge >= 0.3 is 28.7 Å². The summed E-state index contributed by atoms with van der Waals surface area (Å²) in [7, 11) is -4.23. The van der Waals surface area contributed by atoms with E-state index in [-0.39, 0.29) is 54.8 Å². The van der Waals surface area contributed by atoms with E-state index in [9.17, 15) is 43.0 Å². The van der Waals surface area contributed by atoms with Gasteiger partial charge in [0.2, 0.25) is 23.6 Å². The number of amides is 5. The van der Waals surface area contributed by atoms with Gasteiger partial charge < -0.3 is 44.9 Å². The summed E-state index contributed by atoms with van der Waals surface area (Å²) in [5.41, 5.74) is -0.374. The zero-order valence-electron chi connectivity index (χ0n) is 44.5. The lowest BCUT2D eigenvalue weighted by molar-refractivity contribution is -0.128. The molecule has 3 aliphatic rings. The number of aliphatic hydroxyl groups excluding tert-OH is 1. The smallest absolute Gasteiger partial charge is 0.474 e. The highest BCUT2D eigenvalue weighted by atomic mass is 31.1. The number of nitrogens with zero attached hydrogens (tertiary/aromatic N) is 6. The Kier molecular flexibility index (Phi) is 18.9. The first-order valence-corrected chi connectivity index (χ1v) is 27.5. The number of carbonyl (C=O) groups is 5. The molecule has 2 aromatic carbocycles. The van der Waals surface area contributed by atoms with Gasteiger partial charge in [0.15, 0.2) is 23.5 Å². The number of alkyl carbamates (subject to hydrolysis) is 1. The Morgan fingerprint density at radius 3 is 2.38 bits per heavy atom. The molecule has 2 unspecified atom stereocenters. The maximum Gasteiger partial charge on any atom is 0.697 e. The number of carbonyl (C=O) groups excluding carboxylic acids is 5. The topological polar surface area (TPSA) is 354 Å². The fraction of sp³-hybridized carbons (Fsp3) is 0.480. The van der Waals surface area contributed by atoms with Crippen LogP contribution >= 0.6 is 16.5 Å². The van der Waals surface area contributed by atoms with Crippen molar-refractivity contribution >= 4 is 69.2 Å². The number of H-pyrrole nitrogens is 1. The maximum atomic E-state index is 13.9. The predicted molar refractivity (Wildman–Crippen MR) is 281 cm³/mol. The number of imidazole rings is 1. The van der Waals surface area contributed by atoms with Crippen molar-refractivity contribution in [2.75, 3.05) is 30.9 Å². The van der Waals surface area contributed by atoms with Crippen LogP contribution in [0.5, 0.6) is 5.88 Å². The molecule has 6 N–H and O–H groups in total. The van der Waals surface area contributed by atoms with E-state index < -0.39 is 119 Å². The Morgan fingerprint density at radius 1 is 0.912 bits per heavy atom. The number of aromatic nitrogens is 6. The summed E-state index contributed by atoms with van der Waals surface area (Å²) < 4.78 is 73.3. The fourth-order valence-electron chi connectivity index (χ4n) is 8.79. The third kappa shape index (κ3) is 15.1. The summed E-state index contributed by atoms with van der Waals surface area (Å²) in [5, 5.41) is 21.9. The van der Waals surface area contributed by atoms with E-state index in [2.05, 4.69) is 46.2 Å². The Balaban J connectivity index is 0.858. The molecule has 5 amide bonds. The van der Waals surface area contributed by atoms with Crippen molar-refractivity contribution in [3.63, 3.8) is 0 Å². The SMILES string of the molecule is CC(C)[C@H](NC(=O)OC(C)(C)C)C(=O)N[C@@H](C)C(=O)Nc1ccc(COC(=O)N(C)Cc2ccccc2C(=O)Nc2nc3c(ncn3[C@@H]3O[C@@H]4CO[P+](=O)O[C@H]5C[C@H](Oc6ccncn6)C[C@@H]5CO[P+](=O)O[C@@H]3[C@@H]4O)c(=O)[nH]2)cc1. The highest BCUT2D eigenvalue weighted by Gasteiger charge is 2.54. The van der Waals surface area contributed by atoms with E-state index in [1.807, 2.05) is 0 Å². The Hall–Kier alpha value is -7.42. The van der Waals surface area contributed by atoms with E-state index >= 15 is 0 Å². The number of anilines is 2. The minimum absolute atomic E-state index is 0.0902. The van der Waals surface area contributed by atoms with Crippen molar-refractivity contribution in [2.24, 2.45) is 11.8 Å². The quantitative estimate of drug-likeness (QED) is 0.0736. The maximum absolute atomic E-state index is 13.9. The van der Waals surface area contributed by atoms with Crippen molar-refractivity contribution < 1.29 is 75.3 Å². The minimum atomic E-state index is -2.93. The summed E-state index contributed by atoms with van der Waals surface area (Å²) in [6, 6.07) is 12.5. The molecule has 8 rings (SSSR count). The lowest BCUT2D eigenvalue weighted by Gasteiger charge is -2.26. The molecule has 80 heavy (non-hydrogen) atoms. The number of rotatable bonds is 15. The number of aliphatic hydroxyl groups is 1. The van der Waals surface area contributed by atoms with E-state index in [0.717, 1.165) is 0 Å². The van der Waals surface area contributed by atoms with Crippen LogP contribution in [0.2, 0.25) is 0 Å². The second kappa shape index (κ2) is 25.8. The zero-order valence-corrected chi connectivity index (χ0v) is 46.3. The lowest BCUT2D eigenvalue weighted by Crippen LogP contribution is -2.54. The third-order valence-electron chi connectivity index (χ3n) is 12.8. The molecule has 30 heteroatoms. The molecule has 3 aromatic heterocycles. The molecule has 28 nitrogen and oxygen atoms in total. The summed E-state index contributed by atoms with van der Waals surface area (Å²) in [4.78, 5) is 99.2. The average Bonchev–Trinajstić information content (AvgIpc) is 4.16. The van der Waals surface area contributed by atoms with Crippen molar-refractivity contribution in [3.8, 4) is 5.88 Å². The first kappa shape index (κ1) is 58.7. The van der Waals surface area contributed by atoms with Gasteiger partial charge in [-0.3, -0.25) is 34.0 Å². The van der Waals surface area contributed by atoms with Gasteiger partial charge in [-0.1, -0.05) is 44.2 Å². The largest absolute Gasteiger partial charge is 0.697 e. The third-order valence-corrected chi connectivity index (χ3v) is 14.4. The molecule has 0 spiro atoms. The first-order chi connectivity index (χ1) is 38.1. The summed E-state index contributed by atoms with van der Waals surface area (Å²) in [5.74, 6) is -2.55. The van der Waals surface area contributed by atoms with Gasteiger partial charge in [-0.25, -0.2) is 24.5 Å². The highest BCUT2D eigenvalue weighted by Crippen LogP contribution is 2.44. The molecule has 5 heterocycles. The van der Waals surface area contributed by atoms with Crippen molar-refractivity contribution in [1.29, 1.82) is 0 Å². The lowest BCUT2D eigenvalue weighted by atomic mass is 10.0. The number of fused-ring (bicyclic) bond motifs is 4. The average molecular weight is 1150 g/mol. The molecular weight excluding hydrogens is 1090 g/mol. The number of hydrogen-bond donors (Lipinski definition) is 6. The molecule has 3 fully saturated rings. The fourth-order valence-corrected chi connectivity index (χ4v) is 10.4. The van der Waals surface area contributed by atoms with E-state index in [0.29, 0.717) is 29.1 Å². The molecule has 2 bridgehead atoms. The van der Waals surface area contributed by atoms with Gasteiger partial charge in [-0.05, 0) is 69.4 Å². The van der Waals surface area contributed by atoms with Crippen LogP contribution in [0.3, 0.4) is 0 Å². The Bertz CT molecular complexity index is 3140. The molecule has 2 saturated heterocycles. The molecule has 1 saturated carbocycles. The summed E-state index contributed by atoms with van der Waals surface area (Å²) in [6.45, 7) is 9.23. The molecular formula is C50H61N11O17P2+2. The minimum Gasteiger partial charge on any atom is -0.474 e. The number of benzene rings is 2. The Labute approximate surface area is 459 Å². The van der Waals surface area contributed by atoms with Gasteiger partial charge in [0.25, 0.3) is 11.5 Å². The molecule has 2 aliphatic heterocycles. The van der Waals surface area contributed by atoms with Crippen LogP contribution in [0.4, 0.5) is 21.2 Å². The van der Waals surface area contributed by atoms with Gasteiger partial charge in [0.05, 0.1) is 6.33 Å². The second-order valence-electron chi connectivity index (χ2n) is 20.4. The summed E-state index contributed by atoms with van der Waals surface area (Å²) >= 11 is 0. The Morgan fingerprint density at radius 2 is 1.65 bits per heavy atom.